The van der Waals surface area contributed by atoms with Gasteiger partial charge in [0.1, 0.15) is 11.2 Å². The van der Waals surface area contributed by atoms with E-state index in [9.17, 15) is 19.5 Å². The highest BCUT2D eigenvalue weighted by molar-refractivity contribution is 5.75. The Morgan fingerprint density at radius 2 is 1.54 bits per heavy atom. The first-order valence-electron chi connectivity index (χ1n) is 9.02. The molecule has 1 saturated carbocycles. The van der Waals surface area contributed by atoms with Crippen LogP contribution in [0.3, 0.4) is 0 Å². The van der Waals surface area contributed by atoms with Crippen LogP contribution in [0, 0.1) is 5.92 Å². The third-order valence-corrected chi connectivity index (χ3v) is 3.84. The summed E-state index contributed by atoms with van der Waals surface area (Å²) in [6, 6.07) is -0.456. The van der Waals surface area contributed by atoms with Crippen molar-refractivity contribution in [2.75, 3.05) is 0 Å². The molecule has 0 aliphatic heterocycles. The standard InChI is InChI=1S/C18H32N2O6/c1-17(2,3)25-15(23)19-20(16(24)26-18(4,5)6)13-10-8-7-9-12(13)11-14(21)22/h12-13H,7-11H2,1-6H3,(H,19,23)(H,21,22)/t12-,13-/m0/s1. The molecule has 8 heteroatoms. The van der Waals surface area contributed by atoms with Crippen molar-refractivity contribution in [1.29, 1.82) is 0 Å². The van der Waals surface area contributed by atoms with E-state index in [1.165, 1.54) is 0 Å². The van der Waals surface area contributed by atoms with Crippen molar-refractivity contribution in [2.24, 2.45) is 5.92 Å². The van der Waals surface area contributed by atoms with E-state index in [4.69, 9.17) is 9.47 Å². The van der Waals surface area contributed by atoms with Gasteiger partial charge in [-0.05, 0) is 60.3 Å². The fourth-order valence-corrected chi connectivity index (χ4v) is 2.96. The summed E-state index contributed by atoms with van der Waals surface area (Å²) in [5.41, 5.74) is 1.000. The number of nitrogens with zero attached hydrogens (tertiary/aromatic N) is 1. The van der Waals surface area contributed by atoms with Crippen LogP contribution in [0.2, 0.25) is 0 Å². The number of hydrazine groups is 1. The number of carbonyl (C=O) groups excluding carboxylic acids is 2. The molecule has 0 aromatic rings. The van der Waals surface area contributed by atoms with Crippen molar-refractivity contribution in [3.8, 4) is 0 Å². The molecule has 0 radical (unpaired) electrons. The van der Waals surface area contributed by atoms with Gasteiger partial charge >= 0.3 is 18.2 Å². The molecule has 1 fully saturated rings. The molecule has 2 atom stereocenters. The molecular weight excluding hydrogens is 340 g/mol. The van der Waals surface area contributed by atoms with Crippen LogP contribution < -0.4 is 5.43 Å². The number of carbonyl (C=O) groups is 3. The summed E-state index contributed by atoms with van der Waals surface area (Å²) in [7, 11) is 0. The zero-order valence-electron chi connectivity index (χ0n) is 16.6. The molecule has 0 heterocycles. The van der Waals surface area contributed by atoms with Crippen LogP contribution in [-0.4, -0.2) is 45.5 Å². The lowest BCUT2D eigenvalue weighted by Crippen LogP contribution is -2.57. The maximum Gasteiger partial charge on any atom is 0.429 e. The molecule has 1 aliphatic rings. The van der Waals surface area contributed by atoms with Gasteiger partial charge in [0.15, 0.2) is 0 Å². The summed E-state index contributed by atoms with van der Waals surface area (Å²) in [5.74, 6) is -1.19. The largest absolute Gasteiger partial charge is 0.481 e. The quantitative estimate of drug-likeness (QED) is 0.732. The number of hydrogen-bond acceptors (Lipinski definition) is 5. The first-order chi connectivity index (χ1) is 11.8. The monoisotopic (exact) mass is 372 g/mol. The fourth-order valence-electron chi connectivity index (χ4n) is 2.96. The van der Waals surface area contributed by atoms with E-state index in [1.807, 2.05) is 0 Å². The molecule has 0 bridgehead atoms. The Morgan fingerprint density at radius 3 is 2.04 bits per heavy atom. The Bertz CT molecular complexity index is 521. The molecule has 26 heavy (non-hydrogen) atoms. The predicted molar refractivity (Wildman–Crippen MR) is 95.4 cm³/mol. The van der Waals surface area contributed by atoms with Crippen molar-refractivity contribution in [1.82, 2.24) is 10.4 Å². The van der Waals surface area contributed by atoms with E-state index in [2.05, 4.69) is 5.43 Å². The fraction of sp³-hybridized carbons (Fsp3) is 0.833. The third-order valence-electron chi connectivity index (χ3n) is 3.84. The maximum atomic E-state index is 12.7. The van der Waals surface area contributed by atoms with Crippen LogP contribution in [0.15, 0.2) is 0 Å². The van der Waals surface area contributed by atoms with Gasteiger partial charge in [0.25, 0.3) is 0 Å². The Hall–Kier alpha value is -1.99. The van der Waals surface area contributed by atoms with Gasteiger partial charge in [0.05, 0.1) is 12.5 Å². The summed E-state index contributed by atoms with van der Waals surface area (Å²) >= 11 is 0. The number of carboxylic acid groups (broad SMARTS) is 1. The van der Waals surface area contributed by atoms with Crippen LogP contribution >= 0.6 is 0 Å². The highest BCUT2D eigenvalue weighted by Crippen LogP contribution is 2.31. The van der Waals surface area contributed by atoms with Gasteiger partial charge in [-0.2, -0.15) is 0 Å². The lowest BCUT2D eigenvalue weighted by molar-refractivity contribution is -0.139. The van der Waals surface area contributed by atoms with E-state index >= 15 is 0 Å². The van der Waals surface area contributed by atoms with Crippen molar-refractivity contribution >= 4 is 18.2 Å². The zero-order chi connectivity index (χ0) is 20.1. The first-order valence-corrected chi connectivity index (χ1v) is 9.02. The molecule has 0 spiro atoms. The lowest BCUT2D eigenvalue weighted by Gasteiger charge is -2.39. The lowest BCUT2D eigenvalue weighted by atomic mass is 9.82. The molecule has 0 aromatic heterocycles. The summed E-state index contributed by atoms with van der Waals surface area (Å²) in [6.07, 6.45) is 1.44. The molecule has 8 nitrogen and oxygen atoms in total. The highest BCUT2D eigenvalue weighted by Gasteiger charge is 2.38. The number of carboxylic acids is 1. The van der Waals surface area contributed by atoms with Crippen LogP contribution in [-0.2, 0) is 14.3 Å². The molecular formula is C18H32N2O6. The minimum absolute atomic E-state index is 0.0695. The van der Waals surface area contributed by atoms with Gasteiger partial charge in [-0.15, -0.1) is 0 Å². The van der Waals surface area contributed by atoms with Crippen LogP contribution in [0.25, 0.3) is 0 Å². The van der Waals surface area contributed by atoms with Crippen molar-refractivity contribution < 1.29 is 29.0 Å². The van der Waals surface area contributed by atoms with E-state index in [0.29, 0.717) is 12.8 Å². The summed E-state index contributed by atoms with van der Waals surface area (Å²) < 4.78 is 10.6. The second-order valence-corrected chi connectivity index (χ2v) is 8.67. The predicted octanol–water partition coefficient (Wildman–Crippen LogP) is 3.70. The smallest absolute Gasteiger partial charge is 0.429 e. The topological polar surface area (TPSA) is 105 Å². The molecule has 0 aromatic carbocycles. The number of nitrogens with one attached hydrogen (secondary N) is 1. The Balaban J connectivity index is 3.02. The highest BCUT2D eigenvalue weighted by atomic mass is 16.6. The summed E-state index contributed by atoms with van der Waals surface area (Å²) in [5, 5.41) is 10.3. The number of rotatable bonds is 3. The van der Waals surface area contributed by atoms with Crippen molar-refractivity contribution in [2.45, 2.75) is 90.9 Å². The maximum absolute atomic E-state index is 12.7. The van der Waals surface area contributed by atoms with Gasteiger partial charge in [-0.3, -0.25) is 4.79 Å². The van der Waals surface area contributed by atoms with Gasteiger partial charge in [-0.25, -0.2) is 20.0 Å². The molecule has 2 N–H and O–H groups in total. The number of ether oxygens (including phenoxy) is 2. The Morgan fingerprint density at radius 1 is 1.00 bits per heavy atom. The zero-order valence-corrected chi connectivity index (χ0v) is 16.6. The first kappa shape index (κ1) is 22.1. The van der Waals surface area contributed by atoms with Crippen molar-refractivity contribution in [3.63, 3.8) is 0 Å². The summed E-state index contributed by atoms with van der Waals surface area (Å²) in [4.78, 5) is 36.1. The number of amides is 2. The number of hydrogen-bond donors (Lipinski definition) is 2. The SMILES string of the molecule is CC(C)(C)OC(=O)NN(C(=O)OC(C)(C)C)[C@H]1CCCC[C@H]1CC(=O)O. The minimum atomic E-state index is -0.927. The Labute approximate surface area is 155 Å². The molecule has 2 amide bonds. The average molecular weight is 372 g/mol. The second kappa shape index (κ2) is 8.60. The average Bonchev–Trinajstić information content (AvgIpc) is 2.41. The Kier molecular flexibility index (Phi) is 7.29. The van der Waals surface area contributed by atoms with Gasteiger partial charge in [0.2, 0.25) is 0 Å². The normalized spacial score (nSPS) is 20.8. The van der Waals surface area contributed by atoms with Gasteiger partial charge < -0.3 is 14.6 Å². The minimum Gasteiger partial charge on any atom is -0.481 e. The van der Waals surface area contributed by atoms with E-state index in [0.717, 1.165) is 17.9 Å². The number of aliphatic carboxylic acids is 1. The second-order valence-electron chi connectivity index (χ2n) is 8.67. The van der Waals surface area contributed by atoms with Crippen LogP contribution in [0.5, 0.6) is 0 Å². The molecule has 0 unspecified atom stereocenters. The summed E-state index contributed by atoms with van der Waals surface area (Å²) in [6.45, 7) is 10.3. The van der Waals surface area contributed by atoms with E-state index in [1.54, 1.807) is 41.5 Å². The van der Waals surface area contributed by atoms with Gasteiger partial charge in [0, 0.05) is 0 Å². The molecule has 1 aliphatic carbocycles. The van der Waals surface area contributed by atoms with Crippen molar-refractivity contribution in [3.05, 3.63) is 0 Å². The van der Waals surface area contributed by atoms with Crippen LogP contribution in [0.4, 0.5) is 9.59 Å². The van der Waals surface area contributed by atoms with E-state index < -0.39 is 35.4 Å². The third kappa shape index (κ3) is 7.93. The van der Waals surface area contributed by atoms with Gasteiger partial charge in [-0.1, -0.05) is 12.8 Å². The molecule has 1 rings (SSSR count). The van der Waals surface area contributed by atoms with E-state index in [-0.39, 0.29) is 12.3 Å². The molecule has 150 valence electrons. The molecule has 0 saturated heterocycles. The van der Waals surface area contributed by atoms with Crippen LogP contribution in [0.1, 0.15) is 73.6 Å².